The Hall–Kier alpha value is -2.04. The fraction of sp³-hybridized carbons (Fsp3) is 0.133. The molecule has 0 aliphatic rings. The topological polar surface area (TPSA) is 55.8 Å². The zero-order valence-corrected chi connectivity index (χ0v) is 11.6. The smallest absolute Gasteiger partial charge is 0.169 e. The highest BCUT2D eigenvalue weighted by atomic mass is 35.5. The number of aliphatic hydroxyl groups is 1. The zero-order chi connectivity index (χ0) is 14.5. The van der Waals surface area contributed by atoms with E-state index < -0.39 is 0 Å². The summed E-state index contributed by atoms with van der Waals surface area (Å²) < 4.78 is 10.9. The van der Waals surface area contributed by atoms with Gasteiger partial charge >= 0.3 is 0 Å². The molecule has 2 rings (SSSR count). The second-order valence-corrected chi connectivity index (χ2v) is 4.46. The van der Waals surface area contributed by atoms with Crippen molar-refractivity contribution >= 4 is 17.9 Å². The average molecular weight is 293 g/mol. The number of ether oxygens (including phenoxy) is 2. The molecule has 5 heteroatoms. The molecule has 104 valence electrons. The van der Waals surface area contributed by atoms with E-state index in [4.69, 9.17) is 26.2 Å². The van der Waals surface area contributed by atoms with Gasteiger partial charge in [0.25, 0.3) is 0 Å². The molecule has 4 nitrogen and oxygen atoms in total. The maximum Gasteiger partial charge on any atom is 0.169 e. The number of benzene rings is 2. The van der Waals surface area contributed by atoms with Crippen molar-refractivity contribution < 1.29 is 19.4 Å². The number of halogens is 1. The highest BCUT2D eigenvalue weighted by Gasteiger charge is 2.09. The van der Waals surface area contributed by atoms with Gasteiger partial charge in [0.2, 0.25) is 0 Å². The molecule has 20 heavy (non-hydrogen) atoms. The molecule has 0 bridgehead atoms. The summed E-state index contributed by atoms with van der Waals surface area (Å²) in [4.78, 5) is 10.7. The van der Waals surface area contributed by atoms with E-state index in [0.29, 0.717) is 34.1 Å². The molecule has 0 spiro atoms. The third kappa shape index (κ3) is 3.10. The highest BCUT2D eigenvalue weighted by molar-refractivity contribution is 6.32. The number of hydrogen-bond donors (Lipinski definition) is 1. The summed E-state index contributed by atoms with van der Waals surface area (Å²) in [6, 6.07) is 9.86. The van der Waals surface area contributed by atoms with Gasteiger partial charge in [-0.25, -0.2) is 0 Å². The van der Waals surface area contributed by atoms with Crippen molar-refractivity contribution in [2.24, 2.45) is 0 Å². The molecule has 2 aromatic rings. The minimum Gasteiger partial charge on any atom is -0.493 e. The molecule has 0 radical (unpaired) electrons. The molecule has 2 aromatic carbocycles. The van der Waals surface area contributed by atoms with Gasteiger partial charge in [-0.3, -0.25) is 4.79 Å². The van der Waals surface area contributed by atoms with Crippen molar-refractivity contribution in [2.75, 3.05) is 7.11 Å². The van der Waals surface area contributed by atoms with Gasteiger partial charge < -0.3 is 14.6 Å². The van der Waals surface area contributed by atoms with Crippen LogP contribution in [0.15, 0.2) is 36.4 Å². The van der Waals surface area contributed by atoms with Crippen LogP contribution in [0, 0.1) is 0 Å². The Kier molecular flexibility index (Phi) is 4.61. The van der Waals surface area contributed by atoms with Crippen LogP contribution in [0.1, 0.15) is 15.9 Å². The van der Waals surface area contributed by atoms with Crippen LogP contribution in [0.3, 0.4) is 0 Å². The van der Waals surface area contributed by atoms with Crippen molar-refractivity contribution in [1.82, 2.24) is 0 Å². The van der Waals surface area contributed by atoms with E-state index in [1.165, 1.54) is 13.2 Å². The van der Waals surface area contributed by atoms with Crippen LogP contribution in [0.25, 0.3) is 0 Å². The molecule has 0 atom stereocenters. The van der Waals surface area contributed by atoms with Crippen LogP contribution in [0.5, 0.6) is 17.2 Å². The van der Waals surface area contributed by atoms with E-state index in [9.17, 15) is 4.79 Å². The molecule has 0 heterocycles. The number of carbonyl (C=O) groups is 1. The van der Waals surface area contributed by atoms with Crippen molar-refractivity contribution in [3.63, 3.8) is 0 Å². The molecule has 0 saturated carbocycles. The van der Waals surface area contributed by atoms with Crippen LogP contribution in [-0.4, -0.2) is 18.5 Å². The van der Waals surface area contributed by atoms with Gasteiger partial charge in [0.1, 0.15) is 12.0 Å². The van der Waals surface area contributed by atoms with Crippen molar-refractivity contribution in [3.05, 3.63) is 52.5 Å². The Morgan fingerprint density at radius 1 is 1.15 bits per heavy atom. The molecule has 0 unspecified atom stereocenters. The summed E-state index contributed by atoms with van der Waals surface area (Å²) in [5.74, 6) is 1.39. The average Bonchev–Trinajstić information content (AvgIpc) is 2.49. The van der Waals surface area contributed by atoms with E-state index in [0.717, 1.165) is 5.56 Å². The Morgan fingerprint density at radius 2 is 1.90 bits per heavy atom. The standard InChI is InChI=1S/C15H13ClO4/c1-19-15-7-11(9-18)3-5-14(15)20-13-4-2-10(8-17)6-12(13)16/h2-8,18H,9H2,1H3. The summed E-state index contributed by atoms with van der Waals surface area (Å²) in [5, 5.41) is 9.43. The van der Waals surface area contributed by atoms with Gasteiger partial charge in [0.05, 0.1) is 18.7 Å². The molecule has 0 aliphatic carbocycles. The van der Waals surface area contributed by atoms with Crippen molar-refractivity contribution in [1.29, 1.82) is 0 Å². The molecular formula is C15H13ClO4. The summed E-state index contributed by atoms with van der Waals surface area (Å²) in [7, 11) is 1.51. The lowest BCUT2D eigenvalue weighted by molar-refractivity contribution is 0.112. The minimum atomic E-state index is -0.0779. The zero-order valence-electron chi connectivity index (χ0n) is 10.8. The van der Waals surface area contributed by atoms with Gasteiger partial charge in [-0.2, -0.15) is 0 Å². The van der Waals surface area contributed by atoms with E-state index in [1.807, 2.05) is 0 Å². The second kappa shape index (κ2) is 6.41. The molecule has 0 aromatic heterocycles. The Morgan fingerprint density at radius 3 is 2.50 bits per heavy atom. The number of hydrogen-bond acceptors (Lipinski definition) is 4. The highest BCUT2D eigenvalue weighted by Crippen LogP contribution is 2.35. The first-order valence-corrected chi connectivity index (χ1v) is 6.26. The van der Waals surface area contributed by atoms with Gasteiger partial charge in [0, 0.05) is 5.56 Å². The summed E-state index contributed by atoms with van der Waals surface area (Å²) >= 11 is 6.05. The Bertz CT molecular complexity index is 625. The van der Waals surface area contributed by atoms with Crippen molar-refractivity contribution in [3.8, 4) is 17.2 Å². The van der Waals surface area contributed by atoms with Crippen LogP contribution < -0.4 is 9.47 Å². The lowest BCUT2D eigenvalue weighted by Crippen LogP contribution is -1.93. The first-order chi connectivity index (χ1) is 9.67. The van der Waals surface area contributed by atoms with Gasteiger partial charge in [-0.05, 0) is 35.9 Å². The number of rotatable bonds is 5. The van der Waals surface area contributed by atoms with Crippen LogP contribution in [-0.2, 0) is 6.61 Å². The molecule has 0 amide bonds. The third-order valence-electron chi connectivity index (χ3n) is 2.72. The van der Waals surface area contributed by atoms with E-state index in [1.54, 1.807) is 30.3 Å². The minimum absolute atomic E-state index is 0.0779. The monoisotopic (exact) mass is 292 g/mol. The largest absolute Gasteiger partial charge is 0.493 e. The first-order valence-electron chi connectivity index (χ1n) is 5.88. The summed E-state index contributed by atoms with van der Waals surface area (Å²) in [5.41, 5.74) is 1.20. The predicted octanol–water partition coefficient (Wildman–Crippen LogP) is 3.45. The van der Waals surface area contributed by atoms with E-state index in [-0.39, 0.29) is 6.61 Å². The number of methoxy groups -OCH3 is 1. The van der Waals surface area contributed by atoms with Gasteiger partial charge in [-0.1, -0.05) is 17.7 Å². The SMILES string of the molecule is COc1cc(CO)ccc1Oc1ccc(C=O)cc1Cl. The molecule has 0 saturated heterocycles. The van der Waals surface area contributed by atoms with Crippen LogP contribution in [0.2, 0.25) is 5.02 Å². The molecule has 1 N–H and O–H groups in total. The van der Waals surface area contributed by atoms with Crippen LogP contribution >= 0.6 is 11.6 Å². The van der Waals surface area contributed by atoms with E-state index in [2.05, 4.69) is 0 Å². The lowest BCUT2D eigenvalue weighted by atomic mass is 10.2. The second-order valence-electron chi connectivity index (χ2n) is 4.05. The Labute approximate surface area is 121 Å². The molecular weight excluding hydrogens is 280 g/mol. The fourth-order valence-corrected chi connectivity index (χ4v) is 1.91. The summed E-state index contributed by atoms with van der Waals surface area (Å²) in [6.45, 7) is -0.0779. The molecule has 0 aliphatic heterocycles. The van der Waals surface area contributed by atoms with Crippen molar-refractivity contribution in [2.45, 2.75) is 6.61 Å². The lowest BCUT2D eigenvalue weighted by Gasteiger charge is -2.12. The number of aliphatic hydroxyl groups excluding tert-OH is 1. The maximum atomic E-state index is 10.7. The molecule has 0 fully saturated rings. The maximum absolute atomic E-state index is 10.7. The third-order valence-corrected chi connectivity index (χ3v) is 3.02. The number of carbonyl (C=O) groups excluding carboxylic acids is 1. The van der Waals surface area contributed by atoms with E-state index >= 15 is 0 Å². The number of aldehydes is 1. The fourth-order valence-electron chi connectivity index (χ4n) is 1.69. The summed E-state index contributed by atoms with van der Waals surface area (Å²) in [6.07, 6.45) is 0.715. The van der Waals surface area contributed by atoms with Crippen LogP contribution in [0.4, 0.5) is 0 Å². The normalized spacial score (nSPS) is 10.2. The Balaban J connectivity index is 2.32. The van der Waals surface area contributed by atoms with Gasteiger partial charge in [0.15, 0.2) is 11.5 Å². The van der Waals surface area contributed by atoms with Gasteiger partial charge in [-0.15, -0.1) is 0 Å². The first kappa shape index (κ1) is 14.4. The predicted molar refractivity (Wildman–Crippen MR) is 75.8 cm³/mol. The quantitative estimate of drug-likeness (QED) is 0.858.